The van der Waals surface area contributed by atoms with E-state index >= 15 is 0 Å². The highest BCUT2D eigenvalue weighted by Crippen LogP contribution is 2.50. The van der Waals surface area contributed by atoms with E-state index in [4.69, 9.17) is 13.3 Å². The Balaban J connectivity index is 1.09. The smallest absolute Gasteiger partial charge is 0.159 e. The highest BCUT2D eigenvalue weighted by molar-refractivity contribution is 6.23. The average molecular weight is 873 g/mol. The van der Waals surface area contributed by atoms with Crippen LogP contribution in [0.5, 0.6) is 0 Å². The molecule has 0 radical (unpaired) electrons. The quantitative estimate of drug-likeness (QED) is 0.167. The van der Waals surface area contributed by atoms with E-state index in [2.05, 4.69) is 235 Å². The molecule has 0 aliphatic carbocycles. The maximum atomic E-state index is 7.12. The predicted molar refractivity (Wildman–Crippen MR) is 282 cm³/mol. The lowest BCUT2D eigenvalue weighted by Gasteiger charge is -2.28. The SMILES string of the molecule is Cc1ccccc1N(c1ccc2c(c1)oc1cc(N(c3ccccc3C)c3cccc4c3oc3c(C(C)(C)C)cccc34)c3ccccc3c12)c1cccc2c1oc1c(C(C)(C)C)cccc12. The largest absolute Gasteiger partial charge is 0.456 e. The molecule has 5 heteroatoms. The van der Waals surface area contributed by atoms with Crippen LogP contribution in [0.2, 0.25) is 0 Å². The topological polar surface area (TPSA) is 45.9 Å². The van der Waals surface area contributed by atoms with Gasteiger partial charge in [-0.2, -0.15) is 0 Å². The molecule has 3 aromatic heterocycles. The molecule has 0 atom stereocenters. The van der Waals surface area contributed by atoms with Crippen LogP contribution < -0.4 is 9.80 Å². The summed E-state index contributed by atoms with van der Waals surface area (Å²) in [5.41, 5.74) is 15.7. The van der Waals surface area contributed by atoms with Crippen molar-refractivity contribution in [3.63, 3.8) is 0 Å². The van der Waals surface area contributed by atoms with E-state index in [1.54, 1.807) is 0 Å². The first kappa shape index (κ1) is 40.7. The van der Waals surface area contributed by atoms with Gasteiger partial charge < -0.3 is 23.1 Å². The minimum atomic E-state index is -0.0977. The third-order valence-electron chi connectivity index (χ3n) is 13.8. The van der Waals surface area contributed by atoms with Crippen LogP contribution >= 0.6 is 0 Å². The van der Waals surface area contributed by atoms with Crippen LogP contribution in [-0.2, 0) is 10.8 Å². The summed E-state index contributed by atoms with van der Waals surface area (Å²) in [6.07, 6.45) is 0. The van der Waals surface area contributed by atoms with Gasteiger partial charge in [0.1, 0.15) is 22.3 Å². The van der Waals surface area contributed by atoms with Crippen molar-refractivity contribution in [1.82, 2.24) is 0 Å². The van der Waals surface area contributed by atoms with E-state index in [0.717, 1.165) is 122 Å². The van der Waals surface area contributed by atoms with Crippen molar-refractivity contribution < 1.29 is 13.3 Å². The first-order chi connectivity index (χ1) is 32.3. The summed E-state index contributed by atoms with van der Waals surface area (Å²) >= 11 is 0. The Morgan fingerprint density at radius 2 is 0.776 bits per heavy atom. The fraction of sp³-hybridized carbons (Fsp3) is 0.161. The summed E-state index contributed by atoms with van der Waals surface area (Å²) in [4.78, 5) is 4.70. The number of aryl methyl sites for hydroxylation is 2. The number of hydrogen-bond acceptors (Lipinski definition) is 5. The van der Waals surface area contributed by atoms with Gasteiger partial charge in [-0.3, -0.25) is 0 Å². The molecule has 0 fully saturated rings. The normalized spacial score (nSPS) is 12.5. The number of benzene rings is 9. The van der Waals surface area contributed by atoms with E-state index in [1.165, 1.54) is 11.1 Å². The van der Waals surface area contributed by atoms with Gasteiger partial charge in [0.25, 0.3) is 0 Å². The number of hydrogen-bond donors (Lipinski definition) is 0. The van der Waals surface area contributed by atoms with Crippen molar-refractivity contribution in [1.29, 1.82) is 0 Å². The molecule has 3 heterocycles. The van der Waals surface area contributed by atoms with Crippen molar-refractivity contribution in [3.05, 3.63) is 192 Å². The Hall–Kier alpha value is -7.76. The van der Waals surface area contributed by atoms with Crippen molar-refractivity contribution >= 4 is 111 Å². The molecule has 0 amide bonds. The maximum absolute atomic E-state index is 7.12. The average Bonchev–Trinajstić information content (AvgIpc) is 4.01. The minimum Gasteiger partial charge on any atom is -0.456 e. The molecule has 0 saturated heterocycles. The van der Waals surface area contributed by atoms with Gasteiger partial charge in [-0.25, -0.2) is 0 Å². The summed E-state index contributed by atoms with van der Waals surface area (Å²) in [5, 5.41) is 8.78. The molecule has 0 aliphatic heterocycles. The summed E-state index contributed by atoms with van der Waals surface area (Å²) in [6.45, 7) is 17.8. The highest BCUT2D eigenvalue weighted by Gasteiger charge is 2.28. The van der Waals surface area contributed by atoms with E-state index in [0.29, 0.717) is 0 Å². The van der Waals surface area contributed by atoms with Crippen LogP contribution in [0.1, 0.15) is 63.8 Å². The minimum absolute atomic E-state index is 0.0898. The molecule has 0 aliphatic rings. The van der Waals surface area contributed by atoms with E-state index in [9.17, 15) is 0 Å². The Bertz CT molecular complexity index is 3940. The molecular weight excluding hydrogens is 821 g/mol. The zero-order valence-electron chi connectivity index (χ0n) is 39.3. The van der Waals surface area contributed by atoms with Crippen LogP contribution in [-0.4, -0.2) is 0 Å². The lowest BCUT2D eigenvalue weighted by Crippen LogP contribution is -2.12. The van der Waals surface area contributed by atoms with Gasteiger partial charge in [-0.15, -0.1) is 0 Å². The van der Waals surface area contributed by atoms with Gasteiger partial charge in [0, 0.05) is 72.3 Å². The second-order valence-electron chi connectivity index (χ2n) is 20.2. The van der Waals surface area contributed by atoms with E-state index in [-0.39, 0.29) is 10.8 Å². The number of anilines is 6. The Kier molecular flexibility index (Phi) is 9.05. The fourth-order valence-electron chi connectivity index (χ4n) is 10.5. The molecule has 9 aromatic carbocycles. The van der Waals surface area contributed by atoms with Gasteiger partial charge >= 0.3 is 0 Å². The molecule has 67 heavy (non-hydrogen) atoms. The van der Waals surface area contributed by atoms with Crippen LogP contribution in [0.3, 0.4) is 0 Å². The lowest BCUT2D eigenvalue weighted by molar-refractivity contribution is 0.572. The van der Waals surface area contributed by atoms with Crippen molar-refractivity contribution in [2.75, 3.05) is 9.80 Å². The second-order valence-corrected chi connectivity index (χ2v) is 20.2. The number of rotatable bonds is 6. The maximum Gasteiger partial charge on any atom is 0.159 e. The number of furan rings is 3. The summed E-state index contributed by atoms with van der Waals surface area (Å²) in [7, 11) is 0. The van der Waals surface area contributed by atoms with Crippen molar-refractivity contribution in [2.45, 2.75) is 66.2 Å². The Morgan fingerprint density at radius 3 is 1.33 bits per heavy atom. The predicted octanol–water partition coefficient (Wildman–Crippen LogP) is 18.7. The van der Waals surface area contributed by atoms with Gasteiger partial charge in [0.15, 0.2) is 11.2 Å². The molecule has 328 valence electrons. The number of para-hydroxylation sites is 6. The van der Waals surface area contributed by atoms with Crippen LogP contribution in [0.15, 0.2) is 183 Å². The van der Waals surface area contributed by atoms with E-state index in [1.807, 2.05) is 0 Å². The molecule has 0 bridgehead atoms. The highest BCUT2D eigenvalue weighted by atomic mass is 16.3. The first-order valence-electron chi connectivity index (χ1n) is 23.3. The van der Waals surface area contributed by atoms with Crippen molar-refractivity contribution in [3.8, 4) is 0 Å². The van der Waals surface area contributed by atoms with Crippen LogP contribution in [0.25, 0.3) is 76.6 Å². The zero-order chi connectivity index (χ0) is 45.9. The molecule has 12 rings (SSSR count). The summed E-state index contributed by atoms with van der Waals surface area (Å²) in [5.74, 6) is 0. The fourth-order valence-corrected chi connectivity index (χ4v) is 10.5. The molecular formula is C62H52N2O3. The van der Waals surface area contributed by atoms with Crippen molar-refractivity contribution in [2.24, 2.45) is 0 Å². The molecule has 0 unspecified atom stereocenters. The lowest BCUT2D eigenvalue weighted by atomic mass is 9.86. The van der Waals surface area contributed by atoms with Crippen LogP contribution in [0.4, 0.5) is 34.1 Å². The third kappa shape index (κ3) is 6.36. The number of fused-ring (bicyclic) bond motifs is 11. The van der Waals surface area contributed by atoms with Gasteiger partial charge in [-0.05, 0) is 77.6 Å². The Morgan fingerprint density at radius 1 is 0.328 bits per heavy atom. The molecule has 0 N–H and O–H groups in total. The summed E-state index contributed by atoms with van der Waals surface area (Å²) < 4.78 is 21.2. The number of nitrogens with zero attached hydrogens (tertiary/aromatic N) is 2. The van der Waals surface area contributed by atoms with Gasteiger partial charge in [-0.1, -0.05) is 163 Å². The van der Waals surface area contributed by atoms with Gasteiger partial charge in [0.05, 0.1) is 22.7 Å². The van der Waals surface area contributed by atoms with Crippen LogP contribution in [0, 0.1) is 13.8 Å². The first-order valence-corrected chi connectivity index (χ1v) is 23.3. The second kappa shape index (κ2) is 14.9. The monoisotopic (exact) mass is 872 g/mol. The molecule has 0 spiro atoms. The zero-order valence-corrected chi connectivity index (χ0v) is 39.3. The van der Waals surface area contributed by atoms with Gasteiger partial charge in [0.2, 0.25) is 0 Å². The Labute approximate surface area is 390 Å². The standard InChI is InChI=1S/C62H52N2O3/c1-37-19-9-13-29-49(37)63(51-31-17-25-44-42-23-15-27-47(61(3,4)5)57(42)66-59(44)51)39-33-34-46-54(35-39)65-55-36-53(40-21-11-12-22-41(40)56(46)55)64(50-30-14-10-20-38(50)2)52-32-18-26-45-43-24-16-28-48(62(6,7)8)58(43)67-60(45)52/h9-36H,1-8H3. The third-order valence-corrected chi connectivity index (χ3v) is 13.8. The molecule has 5 nitrogen and oxygen atoms in total. The molecule has 0 saturated carbocycles. The molecule has 12 aromatic rings. The summed E-state index contributed by atoms with van der Waals surface area (Å²) in [6, 6.07) is 60.8. The van der Waals surface area contributed by atoms with E-state index < -0.39 is 0 Å².